The highest BCUT2D eigenvalue weighted by Crippen LogP contribution is 2.27. The highest BCUT2D eigenvalue weighted by molar-refractivity contribution is 7.10. The summed E-state index contributed by atoms with van der Waals surface area (Å²) in [5, 5.41) is 15.5. The van der Waals surface area contributed by atoms with Gasteiger partial charge in [0.15, 0.2) is 0 Å². The van der Waals surface area contributed by atoms with E-state index in [2.05, 4.69) is 23.7 Å². The number of hydrogen-bond donors (Lipinski definition) is 2. The van der Waals surface area contributed by atoms with Crippen LogP contribution in [0.5, 0.6) is 0 Å². The molecule has 0 aromatic carbocycles. The Hall–Kier alpha value is -0.380. The van der Waals surface area contributed by atoms with Crippen LogP contribution in [0.25, 0.3) is 0 Å². The summed E-state index contributed by atoms with van der Waals surface area (Å²) in [5.41, 5.74) is 1.35. The van der Waals surface area contributed by atoms with Gasteiger partial charge in [0.2, 0.25) is 0 Å². The van der Waals surface area contributed by atoms with Gasteiger partial charge in [-0.15, -0.1) is 11.3 Å². The predicted octanol–water partition coefficient (Wildman–Crippen LogP) is 2.70. The zero-order valence-corrected chi connectivity index (χ0v) is 10.7. The molecule has 0 saturated heterocycles. The van der Waals surface area contributed by atoms with Crippen LogP contribution in [0.3, 0.4) is 0 Å². The standard InChI is InChI=1S/C13H21NOS/c1-10-6-7-16-13(10)9-14-8-12(15)11-4-2-3-5-11/h6-7,11-12,14-15H,2-5,8-9H2,1H3. The van der Waals surface area contributed by atoms with Crippen molar-refractivity contribution >= 4 is 11.3 Å². The van der Waals surface area contributed by atoms with Gasteiger partial charge in [0.25, 0.3) is 0 Å². The lowest BCUT2D eigenvalue weighted by molar-refractivity contribution is 0.109. The molecule has 0 bridgehead atoms. The molecule has 1 aromatic heterocycles. The van der Waals surface area contributed by atoms with Gasteiger partial charge in [0.1, 0.15) is 0 Å². The highest BCUT2D eigenvalue weighted by Gasteiger charge is 2.22. The quantitative estimate of drug-likeness (QED) is 0.828. The maximum atomic E-state index is 9.99. The number of aryl methyl sites for hydroxylation is 1. The molecule has 1 heterocycles. The van der Waals surface area contributed by atoms with Crippen LogP contribution in [-0.4, -0.2) is 17.8 Å². The van der Waals surface area contributed by atoms with E-state index in [1.807, 2.05) is 0 Å². The summed E-state index contributed by atoms with van der Waals surface area (Å²) in [6.07, 6.45) is 4.86. The average Bonchev–Trinajstić information content (AvgIpc) is 2.90. The van der Waals surface area contributed by atoms with E-state index >= 15 is 0 Å². The van der Waals surface area contributed by atoms with Crippen LogP contribution in [0.15, 0.2) is 11.4 Å². The molecular weight excluding hydrogens is 218 g/mol. The SMILES string of the molecule is Cc1ccsc1CNCC(O)C1CCCC1. The minimum absolute atomic E-state index is 0.150. The van der Waals surface area contributed by atoms with Crippen molar-refractivity contribution < 1.29 is 5.11 Å². The number of nitrogens with one attached hydrogen (secondary N) is 1. The molecule has 90 valence electrons. The van der Waals surface area contributed by atoms with Gasteiger partial charge in [-0.1, -0.05) is 12.8 Å². The summed E-state index contributed by atoms with van der Waals surface area (Å²) >= 11 is 1.79. The van der Waals surface area contributed by atoms with Gasteiger partial charge in [-0.25, -0.2) is 0 Å². The van der Waals surface area contributed by atoms with Crippen LogP contribution in [0.2, 0.25) is 0 Å². The number of aliphatic hydroxyl groups is 1. The Morgan fingerprint density at radius 1 is 1.50 bits per heavy atom. The highest BCUT2D eigenvalue weighted by atomic mass is 32.1. The van der Waals surface area contributed by atoms with E-state index in [9.17, 15) is 5.11 Å². The van der Waals surface area contributed by atoms with Gasteiger partial charge in [-0.3, -0.25) is 0 Å². The van der Waals surface area contributed by atoms with Crippen molar-refractivity contribution in [3.8, 4) is 0 Å². The first-order chi connectivity index (χ1) is 7.77. The summed E-state index contributed by atoms with van der Waals surface area (Å²) in [7, 11) is 0. The number of hydrogen-bond acceptors (Lipinski definition) is 3. The van der Waals surface area contributed by atoms with Crippen molar-refractivity contribution in [2.45, 2.75) is 45.3 Å². The molecule has 16 heavy (non-hydrogen) atoms. The molecule has 2 rings (SSSR count). The molecule has 1 saturated carbocycles. The Balaban J connectivity index is 1.69. The predicted molar refractivity (Wildman–Crippen MR) is 68.7 cm³/mol. The van der Waals surface area contributed by atoms with Crippen LogP contribution in [0.1, 0.15) is 36.1 Å². The average molecular weight is 239 g/mol. The lowest BCUT2D eigenvalue weighted by Gasteiger charge is -2.17. The Bertz CT molecular complexity index is 317. The zero-order chi connectivity index (χ0) is 11.4. The zero-order valence-electron chi connectivity index (χ0n) is 9.91. The summed E-state index contributed by atoms with van der Waals surface area (Å²) in [6, 6.07) is 2.15. The van der Waals surface area contributed by atoms with Gasteiger partial charge < -0.3 is 10.4 Å². The third kappa shape index (κ3) is 3.06. The topological polar surface area (TPSA) is 32.3 Å². The third-order valence-corrected chi connectivity index (χ3v) is 4.57. The normalized spacial score (nSPS) is 19.1. The minimum Gasteiger partial charge on any atom is -0.392 e. The summed E-state index contributed by atoms with van der Waals surface area (Å²) < 4.78 is 0. The molecule has 1 atom stereocenters. The summed E-state index contributed by atoms with van der Waals surface area (Å²) in [6.45, 7) is 3.77. The van der Waals surface area contributed by atoms with Crippen LogP contribution in [-0.2, 0) is 6.54 Å². The molecule has 0 aliphatic heterocycles. The van der Waals surface area contributed by atoms with Gasteiger partial charge in [-0.2, -0.15) is 0 Å². The van der Waals surface area contributed by atoms with Crippen LogP contribution in [0.4, 0.5) is 0 Å². The molecule has 2 nitrogen and oxygen atoms in total. The van der Waals surface area contributed by atoms with Crippen LogP contribution < -0.4 is 5.32 Å². The molecule has 0 amide bonds. The van der Waals surface area contributed by atoms with E-state index in [0.29, 0.717) is 5.92 Å². The monoisotopic (exact) mass is 239 g/mol. The summed E-state index contributed by atoms with van der Waals surface area (Å²) in [5.74, 6) is 0.539. The molecule has 0 spiro atoms. The van der Waals surface area contributed by atoms with Crippen molar-refractivity contribution in [3.63, 3.8) is 0 Å². The van der Waals surface area contributed by atoms with Crippen molar-refractivity contribution in [3.05, 3.63) is 21.9 Å². The Morgan fingerprint density at radius 2 is 2.25 bits per heavy atom. The lowest BCUT2D eigenvalue weighted by atomic mass is 10.0. The lowest BCUT2D eigenvalue weighted by Crippen LogP contribution is -2.31. The van der Waals surface area contributed by atoms with E-state index in [1.54, 1.807) is 11.3 Å². The molecule has 1 aliphatic carbocycles. The number of aliphatic hydroxyl groups excluding tert-OH is 1. The van der Waals surface area contributed by atoms with Gasteiger partial charge in [0, 0.05) is 18.0 Å². The van der Waals surface area contributed by atoms with Crippen molar-refractivity contribution in [2.24, 2.45) is 5.92 Å². The van der Waals surface area contributed by atoms with E-state index in [1.165, 1.54) is 36.1 Å². The second kappa shape index (κ2) is 5.80. The molecule has 2 N–H and O–H groups in total. The second-order valence-corrected chi connectivity index (χ2v) is 5.77. The molecule has 1 unspecified atom stereocenters. The van der Waals surface area contributed by atoms with E-state index in [0.717, 1.165) is 13.1 Å². The first-order valence-corrected chi connectivity index (χ1v) is 7.07. The second-order valence-electron chi connectivity index (χ2n) is 4.77. The molecule has 1 aromatic rings. The maximum Gasteiger partial charge on any atom is 0.0692 e. The van der Waals surface area contributed by atoms with Gasteiger partial charge in [-0.05, 0) is 42.7 Å². The Kier molecular flexibility index (Phi) is 4.38. The molecule has 1 aliphatic rings. The molecule has 0 radical (unpaired) electrons. The largest absolute Gasteiger partial charge is 0.392 e. The number of rotatable bonds is 5. The third-order valence-electron chi connectivity index (χ3n) is 3.55. The van der Waals surface area contributed by atoms with Crippen LogP contribution >= 0.6 is 11.3 Å². The first-order valence-electron chi connectivity index (χ1n) is 6.19. The maximum absolute atomic E-state index is 9.99. The van der Waals surface area contributed by atoms with E-state index < -0.39 is 0 Å². The Labute approximate surface area is 102 Å². The fraction of sp³-hybridized carbons (Fsp3) is 0.692. The van der Waals surface area contributed by atoms with Crippen molar-refractivity contribution in [2.75, 3.05) is 6.54 Å². The fourth-order valence-corrected chi connectivity index (χ4v) is 3.30. The summed E-state index contributed by atoms with van der Waals surface area (Å²) in [4.78, 5) is 1.39. The van der Waals surface area contributed by atoms with E-state index in [-0.39, 0.29) is 6.10 Å². The molecule has 3 heteroatoms. The Morgan fingerprint density at radius 3 is 2.88 bits per heavy atom. The van der Waals surface area contributed by atoms with Gasteiger partial charge in [0.05, 0.1) is 6.10 Å². The molecule has 1 fully saturated rings. The van der Waals surface area contributed by atoms with Crippen molar-refractivity contribution in [1.82, 2.24) is 5.32 Å². The van der Waals surface area contributed by atoms with Gasteiger partial charge >= 0.3 is 0 Å². The van der Waals surface area contributed by atoms with Crippen molar-refractivity contribution in [1.29, 1.82) is 0 Å². The fourth-order valence-electron chi connectivity index (χ4n) is 2.43. The smallest absolute Gasteiger partial charge is 0.0692 e. The molecular formula is C13H21NOS. The first kappa shape index (κ1) is 12.1. The minimum atomic E-state index is -0.150. The van der Waals surface area contributed by atoms with E-state index in [4.69, 9.17) is 0 Å². The number of thiophene rings is 1. The van der Waals surface area contributed by atoms with Crippen LogP contribution in [0, 0.1) is 12.8 Å².